The van der Waals surface area contributed by atoms with Gasteiger partial charge in [-0.25, -0.2) is 4.79 Å². The topological polar surface area (TPSA) is 60.3 Å². The molecule has 1 N–H and O–H groups in total. The SMILES string of the molecule is CCOC(=O)c1cc(-c2ccc(C)cc2)n(CCC(=O)Nc2cccc(Cl)c2C)c1C. The number of hydrogen-bond donors (Lipinski definition) is 1. The number of aromatic nitrogens is 1. The molecule has 5 nitrogen and oxygen atoms in total. The summed E-state index contributed by atoms with van der Waals surface area (Å²) in [5.74, 6) is -0.475. The monoisotopic (exact) mass is 438 g/mol. The number of carbonyl (C=O) groups excluding carboxylic acids is 2. The normalized spacial score (nSPS) is 10.7. The first-order valence-corrected chi connectivity index (χ1v) is 10.7. The van der Waals surface area contributed by atoms with Crippen molar-refractivity contribution in [1.29, 1.82) is 0 Å². The summed E-state index contributed by atoms with van der Waals surface area (Å²) in [5, 5.41) is 3.54. The van der Waals surface area contributed by atoms with E-state index in [2.05, 4.69) is 5.32 Å². The number of aryl methyl sites for hydroxylation is 1. The number of carbonyl (C=O) groups is 2. The standard InChI is InChI=1S/C25H27ClN2O3/c1-5-31-25(30)20-15-23(19-11-9-16(2)10-12-19)28(18(20)4)14-13-24(29)27-22-8-6-7-21(26)17(22)3/h6-12,15H,5,13-14H2,1-4H3,(H,27,29). The van der Waals surface area contributed by atoms with Gasteiger partial charge in [-0.2, -0.15) is 0 Å². The molecule has 0 saturated carbocycles. The lowest BCUT2D eigenvalue weighted by molar-refractivity contribution is -0.116. The van der Waals surface area contributed by atoms with Crippen molar-refractivity contribution in [2.75, 3.05) is 11.9 Å². The molecule has 1 aromatic heterocycles. The predicted octanol–water partition coefficient (Wildman–Crippen LogP) is 5.94. The van der Waals surface area contributed by atoms with Crippen molar-refractivity contribution in [3.8, 4) is 11.3 Å². The zero-order valence-corrected chi connectivity index (χ0v) is 19.0. The summed E-state index contributed by atoms with van der Waals surface area (Å²) in [6.07, 6.45) is 0.253. The van der Waals surface area contributed by atoms with Gasteiger partial charge >= 0.3 is 5.97 Å². The lowest BCUT2D eigenvalue weighted by Crippen LogP contribution is -2.16. The minimum Gasteiger partial charge on any atom is -0.462 e. The van der Waals surface area contributed by atoms with E-state index in [4.69, 9.17) is 16.3 Å². The first-order chi connectivity index (χ1) is 14.8. The Bertz CT molecular complexity index is 1100. The number of amides is 1. The lowest BCUT2D eigenvalue weighted by atomic mass is 10.1. The molecule has 3 rings (SSSR count). The highest BCUT2D eigenvalue weighted by Crippen LogP contribution is 2.28. The Morgan fingerprint density at radius 3 is 2.45 bits per heavy atom. The van der Waals surface area contributed by atoms with E-state index in [-0.39, 0.29) is 18.3 Å². The van der Waals surface area contributed by atoms with Gasteiger partial charge in [-0.15, -0.1) is 0 Å². The van der Waals surface area contributed by atoms with E-state index in [1.165, 1.54) is 0 Å². The van der Waals surface area contributed by atoms with Crippen LogP contribution >= 0.6 is 11.6 Å². The van der Waals surface area contributed by atoms with E-state index in [0.717, 1.165) is 28.1 Å². The van der Waals surface area contributed by atoms with E-state index in [1.807, 2.05) is 67.8 Å². The van der Waals surface area contributed by atoms with Crippen LogP contribution in [0.25, 0.3) is 11.3 Å². The van der Waals surface area contributed by atoms with Gasteiger partial charge in [0.1, 0.15) is 0 Å². The third kappa shape index (κ3) is 5.17. The smallest absolute Gasteiger partial charge is 0.339 e. The Hall–Kier alpha value is -3.05. The van der Waals surface area contributed by atoms with E-state index < -0.39 is 0 Å². The summed E-state index contributed by atoms with van der Waals surface area (Å²) in [6.45, 7) is 8.30. The van der Waals surface area contributed by atoms with Crippen molar-refractivity contribution in [2.45, 2.75) is 40.7 Å². The summed E-state index contributed by atoms with van der Waals surface area (Å²) in [4.78, 5) is 25.1. The highest BCUT2D eigenvalue weighted by Gasteiger charge is 2.20. The summed E-state index contributed by atoms with van der Waals surface area (Å²) >= 11 is 6.15. The van der Waals surface area contributed by atoms with Crippen molar-refractivity contribution in [1.82, 2.24) is 4.57 Å². The molecule has 0 aliphatic rings. The fourth-order valence-electron chi connectivity index (χ4n) is 3.48. The molecule has 0 spiro atoms. The molecule has 1 amide bonds. The number of nitrogens with zero attached hydrogens (tertiary/aromatic N) is 1. The van der Waals surface area contributed by atoms with Crippen LogP contribution in [0.5, 0.6) is 0 Å². The second kappa shape index (κ2) is 9.84. The van der Waals surface area contributed by atoms with Gasteiger partial charge in [-0.3, -0.25) is 4.79 Å². The number of rotatable bonds is 7. The molecule has 0 atom stereocenters. The average Bonchev–Trinajstić information content (AvgIpc) is 3.07. The molecule has 0 unspecified atom stereocenters. The van der Waals surface area contributed by atoms with Crippen molar-refractivity contribution >= 4 is 29.2 Å². The number of ether oxygens (including phenoxy) is 1. The second-order valence-electron chi connectivity index (χ2n) is 7.48. The van der Waals surface area contributed by atoms with Gasteiger partial charge in [0, 0.05) is 35.1 Å². The van der Waals surface area contributed by atoms with E-state index in [9.17, 15) is 9.59 Å². The van der Waals surface area contributed by atoms with E-state index >= 15 is 0 Å². The molecule has 0 fully saturated rings. The molecule has 2 aromatic carbocycles. The molecule has 0 saturated heterocycles. The van der Waals surface area contributed by atoms with Crippen molar-refractivity contribution in [3.63, 3.8) is 0 Å². The minimum absolute atomic E-state index is 0.119. The van der Waals surface area contributed by atoms with Gasteiger partial charge in [0.15, 0.2) is 0 Å². The number of halogens is 1. The second-order valence-corrected chi connectivity index (χ2v) is 7.88. The van der Waals surface area contributed by atoms with Gasteiger partial charge in [0.25, 0.3) is 0 Å². The molecule has 0 aliphatic carbocycles. The van der Waals surface area contributed by atoms with Crippen molar-refractivity contribution in [2.24, 2.45) is 0 Å². The fourth-order valence-corrected chi connectivity index (χ4v) is 3.66. The third-order valence-electron chi connectivity index (χ3n) is 5.31. The Balaban J connectivity index is 1.86. The molecular formula is C25H27ClN2O3. The largest absolute Gasteiger partial charge is 0.462 e. The summed E-state index contributed by atoms with van der Waals surface area (Å²) < 4.78 is 7.22. The number of nitrogens with one attached hydrogen (secondary N) is 1. The summed E-state index contributed by atoms with van der Waals surface area (Å²) in [6, 6.07) is 15.4. The van der Waals surface area contributed by atoms with Gasteiger partial charge in [-0.1, -0.05) is 47.5 Å². The molecule has 31 heavy (non-hydrogen) atoms. The Kier molecular flexibility index (Phi) is 7.18. The van der Waals surface area contributed by atoms with Gasteiger partial charge in [0.05, 0.1) is 12.2 Å². The highest BCUT2D eigenvalue weighted by molar-refractivity contribution is 6.31. The first kappa shape index (κ1) is 22.6. The molecule has 0 aliphatic heterocycles. The van der Waals surface area contributed by atoms with Crippen LogP contribution in [0.4, 0.5) is 5.69 Å². The lowest BCUT2D eigenvalue weighted by Gasteiger charge is -2.14. The zero-order valence-electron chi connectivity index (χ0n) is 18.3. The van der Waals surface area contributed by atoms with E-state index in [1.54, 1.807) is 13.0 Å². The number of anilines is 1. The summed E-state index contributed by atoms with van der Waals surface area (Å²) in [7, 11) is 0. The zero-order chi connectivity index (χ0) is 22.5. The Morgan fingerprint density at radius 2 is 1.77 bits per heavy atom. The highest BCUT2D eigenvalue weighted by atomic mass is 35.5. The quantitative estimate of drug-likeness (QED) is 0.464. The molecule has 0 bridgehead atoms. The number of esters is 1. The van der Waals surface area contributed by atoms with Crippen molar-refractivity contribution in [3.05, 3.63) is 75.9 Å². The fraction of sp³-hybridized carbons (Fsp3) is 0.280. The van der Waals surface area contributed by atoms with Crippen LogP contribution in [0.2, 0.25) is 5.02 Å². The van der Waals surface area contributed by atoms with Crippen LogP contribution in [-0.4, -0.2) is 23.1 Å². The predicted molar refractivity (Wildman–Crippen MR) is 125 cm³/mol. The molecule has 162 valence electrons. The molecule has 1 heterocycles. The summed E-state index contributed by atoms with van der Waals surface area (Å²) in [5.41, 5.74) is 5.85. The maximum Gasteiger partial charge on any atom is 0.339 e. The van der Waals surface area contributed by atoms with Gasteiger partial charge in [0.2, 0.25) is 5.91 Å². The maximum atomic E-state index is 12.6. The first-order valence-electron chi connectivity index (χ1n) is 10.3. The molecule has 0 radical (unpaired) electrons. The maximum absolute atomic E-state index is 12.6. The van der Waals surface area contributed by atoms with E-state index in [0.29, 0.717) is 29.4 Å². The van der Waals surface area contributed by atoms with Crippen LogP contribution in [0.1, 0.15) is 40.5 Å². The average molecular weight is 439 g/mol. The molecular weight excluding hydrogens is 412 g/mol. The number of benzene rings is 2. The van der Waals surface area contributed by atoms with Crippen LogP contribution in [0.15, 0.2) is 48.5 Å². The van der Waals surface area contributed by atoms with Crippen LogP contribution < -0.4 is 5.32 Å². The van der Waals surface area contributed by atoms with Crippen LogP contribution in [0.3, 0.4) is 0 Å². The molecule has 6 heteroatoms. The van der Waals surface area contributed by atoms with Gasteiger partial charge < -0.3 is 14.6 Å². The Morgan fingerprint density at radius 1 is 1.06 bits per heavy atom. The number of hydrogen-bond acceptors (Lipinski definition) is 3. The van der Waals surface area contributed by atoms with Crippen LogP contribution in [-0.2, 0) is 16.1 Å². The molecule has 3 aromatic rings. The van der Waals surface area contributed by atoms with Gasteiger partial charge in [-0.05, 0) is 57.0 Å². The van der Waals surface area contributed by atoms with Crippen LogP contribution in [0, 0.1) is 20.8 Å². The minimum atomic E-state index is -0.355. The van der Waals surface area contributed by atoms with Crippen molar-refractivity contribution < 1.29 is 14.3 Å². The Labute approximate surface area is 188 Å². The third-order valence-corrected chi connectivity index (χ3v) is 5.72.